The summed E-state index contributed by atoms with van der Waals surface area (Å²) in [6.07, 6.45) is 2.89. The Morgan fingerprint density at radius 2 is 1.63 bits per heavy atom. The van der Waals surface area contributed by atoms with E-state index in [9.17, 15) is 9.59 Å². The average Bonchev–Trinajstić information content (AvgIpc) is 2.72. The quantitative estimate of drug-likeness (QED) is 0.634. The molecule has 0 radical (unpaired) electrons. The fraction of sp³-hybridized carbons (Fsp3) is 0.100. The van der Waals surface area contributed by atoms with Crippen molar-refractivity contribution in [1.29, 1.82) is 0 Å². The van der Waals surface area contributed by atoms with Crippen molar-refractivity contribution >= 4 is 23.5 Å². The fourth-order valence-corrected chi connectivity index (χ4v) is 2.80. The molecule has 0 bridgehead atoms. The van der Waals surface area contributed by atoms with Gasteiger partial charge in [0, 0.05) is 28.5 Å². The SMILES string of the molecule is COC(=O)c1cnc(-c2ccc(Cl)cc2)c(-c2ccccn2)c1C(=O)OC. The summed E-state index contributed by atoms with van der Waals surface area (Å²) in [6, 6.07) is 12.2. The monoisotopic (exact) mass is 382 g/mol. The molecule has 0 spiro atoms. The second kappa shape index (κ2) is 7.97. The van der Waals surface area contributed by atoms with Gasteiger partial charge in [-0.05, 0) is 24.3 Å². The van der Waals surface area contributed by atoms with E-state index in [-0.39, 0.29) is 11.1 Å². The zero-order valence-electron chi connectivity index (χ0n) is 14.6. The summed E-state index contributed by atoms with van der Waals surface area (Å²) in [6.45, 7) is 0. The van der Waals surface area contributed by atoms with Crippen molar-refractivity contribution in [3.05, 3.63) is 71.0 Å². The fourth-order valence-electron chi connectivity index (χ4n) is 2.68. The van der Waals surface area contributed by atoms with Crippen LogP contribution in [0.1, 0.15) is 20.7 Å². The van der Waals surface area contributed by atoms with Crippen LogP contribution in [0.15, 0.2) is 54.9 Å². The molecule has 0 N–H and O–H groups in total. The lowest BCUT2D eigenvalue weighted by atomic mass is 9.94. The van der Waals surface area contributed by atoms with Crippen molar-refractivity contribution in [2.24, 2.45) is 0 Å². The van der Waals surface area contributed by atoms with Gasteiger partial charge in [-0.3, -0.25) is 9.97 Å². The molecule has 0 aliphatic carbocycles. The Hall–Kier alpha value is -3.25. The second-order valence-electron chi connectivity index (χ2n) is 5.48. The van der Waals surface area contributed by atoms with Gasteiger partial charge < -0.3 is 9.47 Å². The van der Waals surface area contributed by atoms with E-state index >= 15 is 0 Å². The Morgan fingerprint density at radius 1 is 0.926 bits per heavy atom. The molecule has 0 unspecified atom stereocenters. The molecule has 27 heavy (non-hydrogen) atoms. The highest BCUT2D eigenvalue weighted by Crippen LogP contribution is 2.35. The molecule has 3 rings (SSSR count). The normalized spacial score (nSPS) is 10.3. The van der Waals surface area contributed by atoms with E-state index in [0.717, 1.165) is 0 Å². The molecule has 0 aliphatic rings. The first-order chi connectivity index (χ1) is 13.1. The number of rotatable bonds is 4. The molecule has 136 valence electrons. The number of aromatic nitrogens is 2. The summed E-state index contributed by atoms with van der Waals surface area (Å²) in [5.41, 5.74) is 2.08. The maximum Gasteiger partial charge on any atom is 0.340 e. The van der Waals surface area contributed by atoms with Crippen molar-refractivity contribution in [3.63, 3.8) is 0 Å². The van der Waals surface area contributed by atoms with E-state index in [1.165, 1.54) is 20.4 Å². The molecule has 3 aromatic rings. The third kappa shape index (κ3) is 3.66. The first-order valence-electron chi connectivity index (χ1n) is 7.93. The minimum Gasteiger partial charge on any atom is -0.465 e. The Morgan fingerprint density at radius 3 is 2.22 bits per heavy atom. The van der Waals surface area contributed by atoms with Gasteiger partial charge in [-0.1, -0.05) is 29.8 Å². The Labute approximate surface area is 160 Å². The largest absolute Gasteiger partial charge is 0.465 e. The molecule has 6 nitrogen and oxygen atoms in total. The number of methoxy groups -OCH3 is 2. The van der Waals surface area contributed by atoms with Gasteiger partial charge in [0.2, 0.25) is 0 Å². The molecule has 0 amide bonds. The third-order valence-electron chi connectivity index (χ3n) is 3.91. The van der Waals surface area contributed by atoms with E-state index in [0.29, 0.717) is 27.5 Å². The number of ether oxygens (including phenoxy) is 2. The molecule has 1 aromatic carbocycles. The van der Waals surface area contributed by atoms with E-state index < -0.39 is 11.9 Å². The molecular formula is C20H15ClN2O4. The lowest BCUT2D eigenvalue weighted by molar-refractivity contribution is 0.0555. The predicted octanol–water partition coefficient (Wildman–Crippen LogP) is 4.04. The standard InChI is InChI=1S/C20H15ClN2O4/c1-26-19(24)14-11-23-18(12-6-8-13(21)9-7-12)17(16(14)20(25)27-2)15-5-3-4-10-22-15/h3-11H,1-2H3. The summed E-state index contributed by atoms with van der Waals surface area (Å²) in [5.74, 6) is -1.38. The predicted molar refractivity (Wildman–Crippen MR) is 101 cm³/mol. The van der Waals surface area contributed by atoms with Crippen LogP contribution in [0, 0.1) is 0 Å². The summed E-state index contributed by atoms with van der Waals surface area (Å²) >= 11 is 5.98. The zero-order valence-corrected chi connectivity index (χ0v) is 15.4. The molecule has 2 aromatic heterocycles. The van der Waals surface area contributed by atoms with Gasteiger partial charge in [-0.25, -0.2) is 9.59 Å². The molecular weight excluding hydrogens is 368 g/mol. The van der Waals surface area contributed by atoms with Gasteiger partial charge in [0.05, 0.1) is 36.7 Å². The number of nitrogens with zero attached hydrogens (tertiary/aromatic N) is 2. The summed E-state index contributed by atoms with van der Waals surface area (Å²) in [7, 11) is 2.48. The van der Waals surface area contributed by atoms with Crippen LogP contribution in [0.4, 0.5) is 0 Å². The minimum absolute atomic E-state index is 0.00252. The van der Waals surface area contributed by atoms with Gasteiger partial charge in [-0.2, -0.15) is 0 Å². The van der Waals surface area contributed by atoms with Crippen molar-refractivity contribution in [3.8, 4) is 22.5 Å². The number of pyridine rings is 2. The van der Waals surface area contributed by atoms with Crippen LogP contribution < -0.4 is 0 Å². The van der Waals surface area contributed by atoms with Crippen LogP contribution in [-0.4, -0.2) is 36.1 Å². The summed E-state index contributed by atoms with van der Waals surface area (Å²) in [5, 5.41) is 0.567. The smallest absolute Gasteiger partial charge is 0.340 e. The van der Waals surface area contributed by atoms with Crippen molar-refractivity contribution in [2.45, 2.75) is 0 Å². The van der Waals surface area contributed by atoms with Gasteiger partial charge in [0.15, 0.2) is 0 Å². The van der Waals surface area contributed by atoms with E-state index in [1.807, 2.05) is 0 Å². The Kier molecular flexibility index (Phi) is 5.47. The number of hydrogen-bond acceptors (Lipinski definition) is 6. The molecule has 0 atom stereocenters. The number of esters is 2. The maximum atomic E-state index is 12.6. The van der Waals surface area contributed by atoms with Crippen LogP contribution in [0.5, 0.6) is 0 Å². The molecule has 0 saturated carbocycles. The van der Waals surface area contributed by atoms with Crippen LogP contribution in [0.2, 0.25) is 5.02 Å². The van der Waals surface area contributed by atoms with E-state index in [1.54, 1.807) is 48.7 Å². The topological polar surface area (TPSA) is 78.4 Å². The first kappa shape index (κ1) is 18.5. The average molecular weight is 383 g/mol. The summed E-state index contributed by atoms with van der Waals surface area (Å²) in [4.78, 5) is 33.5. The highest BCUT2D eigenvalue weighted by Gasteiger charge is 2.27. The summed E-state index contributed by atoms with van der Waals surface area (Å²) < 4.78 is 9.72. The van der Waals surface area contributed by atoms with Crippen molar-refractivity contribution < 1.29 is 19.1 Å². The van der Waals surface area contributed by atoms with E-state index in [4.69, 9.17) is 21.1 Å². The molecule has 0 aliphatic heterocycles. The van der Waals surface area contributed by atoms with Crippen LogP contribution in [-0.2, 0) is 9.47 Å². The first-order valence-corrected chi connectivity index (χ1v) is 8.31. The van der Waals surface area contributed by atoms with E-state index in [2.05, 4.69) is 9.97 Å². The lowest BCUT2D eigenvalue weighted by Gasteiger charge is -2.15. The minimum atomic E-state index is -0.692. The van der Waals surface area contributed by atoms with Gasteiger partial charge in [0.1, 0.15) is 0 Å². The number of benzene rings is 1. The molecule has 7 heteroatoms. The Bertz CT molecular complexity index is 989. The number of carbonyl (C=O) groups excluding carboxylic acids is 2. The highest BCUT2D eigenvalue weighted by molar-refractivity contribution is 6.30. The third-order valence-corrected chi connectivity index (χ3v) is 4.16. The number of halogens is 1. The lowest BCUT2D eigenvalue weighted by Crippen LogP contribution is -2.15. The molecule has 2 heterocycles. The number of carbonyl (C=O) groups is 2. The van der Waals surface area contributed by atoms with Crippen molar-refractivity contribution in [1.82, 2.24) is 9.97 Å². The number of hydrogen-bond donors (Lipinski definition) is 0. The molecule has 0 saturated heterocycles. The van der Waals surface area contributed by atoms with Gasteiger partial charge in [-0.15, -0.1) is 0 Å². The molecule has 0 fully saturated rings. The van der Waals surface area contributed by atoms with Crippen LogP contribution in [0.25, 0.3) is 22.5 Å². The van der Waals surface area contributed by atoms with Gasteiger partial charge >= 0.3 is 11.9 Å². The van der Waals surface area contributed by atoms with Crippen LogP contribution in [0.3, 0.4) is 0 Å². The Balaban J connectivity index is 2.39. The van der Waals surface area contributed by atoms with Gasteiger partial charge in [0.25, 0.3) is 0 Å². The zero-order chi connectivity index (χ0) is 19.4. The second-order valence-corrected chi connectivity index (χ2v) is 5.91. The van der Waals surface area contributed by atoms with Crippen molar-refractivity contribution in [2.75, 3.05) is 14.2 Å². The maximum absolute atomic E-state index is 12.6. The van der Waals surface area contributed by atoms with Crippen LogP contribution >= 0.6 is 11.6 Å². The highest BCUT2D eigenvalue weighted by atomic mass is 35.5.